The molecule has 2 unspecified atom stereocenters. The first-order valence-corrected chi connectivity index (χ1v) is 5.89. The molecule has 0 radical (unpaired) electrons. The summed E-state index contributed by atoms with van der Waals surface area (Å²) >= 11 is 0. The van der Waals surface area contributed by atoms with E-state index in [-0.39, 0.29) is 12.2 Å². The highest BCUT2D eigenvalue weighted by Crippen LogP contribution is 2.25. The lowest BCUT2D eigenvalue weighted by Gasteiger charge is -2.33. The van der Waals surface area contributed by atoms with Crippen LogP contribution in [0.15, 0.2) is 18.2 Å². The summed E-state index contributed by atoms with van der Waals surface area (Å²) in [5.41, 5.74) is 0.682. The fraction of sp³-hybridized carbons (Fsp3) is 0.538. The summed E-state index contributed by atoms with van der Waals surface area (Å²) in [6.45, 7) is 5.60. The predicted octanol–water partition coefficient (Wildman–Crippen LogP) is 2.65. The van der Waals surface area contributed by atoms with E-state index in [0.717, 1.165) is 12.6 Å². The van der Waals surface area contributed by atoms with Gasteiger partial charge in [0.1, 0.15) is 0 Å². The van der Waals surface area contributed by atoms with Crippen molar-refractivity contribution in [1.29, 1.82) is 0 Å². The Morgan fingerprint density at radius 1 is 1.24 bits per heavy atom. The lowest BCUT2D eigenvalue weighted by Crippen LogP contribution is -2.43. The molecule has 1 heterocycles. The Kier molecular flexibility index (Phi) is 3.74. The lowest BCUT2D eigenvalue weighted by atomic mass is 10.0. The van der Waals surface area contributed by atoms with Crippen molar-refractivity contribution in [2.24, 2.45) is 5.92 Å². The summed E-state index contributed by atoms with van der Waals surface area (Å²) in [7, 11) is 0. The SMILES string of the molecule is CC(C)C1CNCC(c2ccc(F)c(F)c2)O1. The first-order valence-electron chi connectivity index (χ1n) is 5.89. The van der Waals surface area contributed by atoms with Crippen molar-refractivity contribution < 1.29 is 13.5 Å². The molecule has 1 aromatic rings. The zero-order valence-corrected chi connectivity index (χ0v) is 10.0. The van der Waals surface area contributed by atoms with Crippen LogP contribution in [0.2, 0.25) is 0 Å². The van der Waals surface area contributed by atoms with Crippen LogP contribution in [0.1, 0.15) is 25.5 Å². The zero-order valence-electron chi connectivity index (χ0n) is 10.0. The maximum Gasteiger partial charge on any atom is 0.159 e. The van der Waals surface area contributed by atoms with Gasteiger partial charge in [-0.3, -0.25) is 0 Å². The van der Waals surface area contributed by atoms with Crippen LogP contribution in [0.5, 0.6) is 0 Å². The number of rotatable bonds is 2. The molecule has 4 heteroatoms. The Bertz CT molecular complexity index is 395. The van der Waals surface area contributed by atoms with Crippen LogP contribution in [-0.4, -0.2) is 19.2 Å². The summed E-state index contributed by atoms with van der Waals surface area (Å²) in [6, 6.07) is 3.94. The molecule has 94 valence electrons. The van der Waals surface area contributed by atoms with E-state index in [1.807, 2.05) is 0 Å². The Balaban J connectivity index is 2.13. The van der Waals surface area contributed by atoms with Crippen LogP contribution < -0.4 is 5.32 Å². The van der Waals surface area contributed by atoms with Gasteiger partial charge < -0.3 is 10.1 Å². The zero-order chi connectivity index (χ0) is 12.4. The molecule has 2 rings (SSSR count). The molecular formula is C13H17F2NO. The summed E-state index contributed by atoms with van der Waals surface area (Å²) in [6.07, 6.45) is -0.0897. The van der Waals surface area contributed by atoms with Gasteiger partial charge in [0.05, 0.1) is 12.2 Å². The lowest BCUT2D eigenvalue weighted by molar-refractivity contribution is -0.0604. The molecule has 0 spiro atoms. The minimum absolute atomic E-state index is 0.113. The molecule has 1 aliphatic heterocycles. The Labute approximate surface area is 100.0 Å². The summed E-state index contributed by atoms with van der Waals surface area (Å²) in [4.78, 5) is 0. The van der Waals surface area contributed by atoms with E-state index < -0.39 is 11.6 Å². The van der Waals surface area contributed by atoms with E-state index in [9.17, 15) is 8.78 Å². The third-order valence-corrected chi connectivity index (χ3v) is 3.07. The minimum atomic E-state index is -0.822. The molecule has 1 N–H and O–H groups in total. The average Bonchev–Trinajstić information content (AvgIpc) is 2.33. The first-order chi connectivity index (χ1) is 8.08. The first kappa shape index (κ1) is 12.5. The standard InChI is InChI=1S/C13H17F2NO/c1-8(2)12-6-16-7-13(17-12)9-3-4-10(14)11(15)5-9/h3-5,8,12-13,16H,6-7H2,1-2H3. The molecule has 2 nitrogen and oxygen atoms in total. The third kappa shape index (κ3) is 2.82. The third-order valence-electron chi connectivity index (χ3n) is 3.07. The van der Waals surface area contributed by atoms with Crippen molar-refractivity contribution in [2.45, 2.75) is 26.1 Å². The highest BCUT2D eigenvalue weighted by molar-refractivity contribution is 5.21. The van der Waals surface area contributed by atoms with Gasteiger partial charge in [-0.1, -0.05) is 19.9 Å². The monoisotopic (exact) mass is 241 g/mol. The number of benzene rings is 1. The van der Waals surface area contributed by atoms with Crippen molar-refractivity contribution in [3.05, 3.63) is 35.4 Å². The number of hydrogen-bond acceptors (Lipinski definition) is 2. The molecule has 0 aliphatic carbocycles. The van der Waals surface area contributed by atoms with E-state index >= 15 is 0 Å². The second-order valence-corrected chi connectivity index (χ2v) is 4.74. The van der Waals surface area contributed by atoms with E-state index in [1.54, 1.807) is 6.07 Å². The molecule has 0 aromatic heterocycles. The fourth-order valence-electron chi connectivity index (χ4n) is 1.97. The molecule has 0 saturated carbocycles. The van der Waals surface area contributed by atoms with Gasteiger partial charge in [-0.2, -0.15) is 0 Å². The van der Waals surface area contributed by atoms with Gasteiger partial charge in [-0.15, -0.1) is 0 Å². The van der Waals surface area contributed by atoms with Crippen LogP contribution >= 0.6 is 0 Å². The van der Waals surface area contributed by atoms with E-state index in [4.69, 9.17) is 4.74 Å². The topological polar surface area (TPSA) is 21.3 Å². The van der Waals surface area contributed by atoms with Gasteiger partial charge >= 0.3 is 0 Å². The molecule has 0 bridgehead atoms. The number of morpholine rings is 1. The van der Waals surface area contributed by atoms with Gasteiger partial charge in [0.25, 0.3) is 0 Å². The Hall–Kier alpha value is -1.00. The van der Waals surface area contributed by atoms with Crippen molar-refractivity contribution >= 4 is 0 Å². The maximum absolute atomic E-state index is 13.1. The molecule has 0 amide bonds. The minimum Gasteiger partial charge on any atom is -0.367 e. The van der Waals surface area contributed by atoms with E-state index in [1.165, 1.54) is 6.07 Å². The summed E-state index contributed by atoms with van der Waals surface area (Å²) in [5.74, 6) is -1.24. The molecule has 1 saturated heterocycles. The van der Waals surface area contributed by atoms with Gasteiger partial charge in [-0.25, -0.2) is 8.78 Å². The predicted molar refractivity (Wildman–Crippen MR) is 61.7 cm³/mol. The van der Waals surface area contributed by atoms with Gasteiger partial charge in [0.2, 0.25) is 0 Å². The van der Waals surface area contributed by atoms with Crippen LogP contribution in [0.3, 0.4) is 0 Å². The molecule has 1 aromatic carbocycles. The second-order valence-electron chi connectivity index (χ2n) is 4.74. The van der Waals surface area contributed by atoms with Crippen molar-refractivity contribution in [1.82, 2.24) is 5.32 Å². The summed E-state index contributed by atoms with van der Waals surface area (Å²) < 4.78 is 31.9. The highest BCUT2D eigenvalue weighted by atomic mass is 19.2. The Morgan fingerprint density at radius 3 is 2.65 bits per heavy atom. The molecule has 1 aliphatic rings. The van der Waals surface area contributed by atoms with E-state index in [2.05, 4.69) is 19.2 Å². The largest absolute Gasteiger partial charge is 0.367 e. The van der Waals surface area contributed by atoms with Crippen LogP contribution in [0.25, 0.3) is 0 Å². The van der Waals surface area contributed by atoms with Gasteiger partial charge in [0.15, 0.2) is 11.6 Å². The van der Waals surface area contributed by atoms with Crippen LogP contribution in [0.4, 0.5) is 8.78 Å². The molecule has 17 heavy (non-hydrogen) atoms. The fourth-order valence-corrected chi connectivity index (χ4v) is 1.97. The number of halogens is 2. The van der Waals surface area contributed by atoms with Gasteiger partial charge in [0, 0.05) is 13.1 Å². The normalized spacial score (nSPS) is 25.2. The summed E-state index contributed by atoms with van der Waals surface area (Å²) in [5, 5.41) is 3.26. The van der Waals surface area contributed by atoms with Crippen molar-refractivity contribution in [3.8, 4) is 0 Å². The maximum atomic E-state index is 13.1. The number of ether oxygens (including phenoxy) is 1. The van der Waals surface area contributed by atoms with Crippen molar-refractivity contribution in [3.63, 3.8) is 0 Å². The van der Waals surface area contributed by atoms with Crippen LogP contribution in [-0.2, 0) is 4.74 Å². The Morgan fingerprint density at radius 2 is 2.00 bits per heavy atom. The number of hydrogen-bond donors (Lipinski definition) is 1. The number of nitrogens with one attached hydrogen (secondary N) is 1. The average molecular weight is 241 g/mol. The van der Waals surface area contributed by atoms with Crippen LogP contribution in [0, 0.1) is 17.6 Å². The smallest absolute Gasteiger partial charge is 0.159 e. The molecule has 1 fully saturated rings. The van der Waals surface area contributed by atoms with E-state index in [0.29, 0.717) is 18.0 Å². The van der Waals surface area contributed by atoms with Crippen molar-refractivity contribution in [2.75, 3.05) is 13.1 Å². The second kappa shape index (κ2) is 5.10. The quantitative estimate of drug-likeness (QED) is 0.859. The molecule has 2 atom stereocenters. The molecular weight excluding hydrogens is 224 g/mol. The highest BCUT2D eigenvalue weighted by Gasteiger charge is 2.25. The van der Waals surface area contributed by atoms with Gasteiger partial charge in [-0.05, 0) is 23.6 Å².